The molecular formula is C50H30N6O. The van der Waals surface area contributed by atoms with Crippen molar-refractivity contribution in [1.82, 2.24) is 27.9 Å². The molecular weight excluding hydrogens is 701 g/mol. The molecule has 266 valence electrons. The Kier molecular flexibility index (Phi) is 6.04. The van der Waals surface area contributed by atoms with E-state index in [1.807, 2.05) is 24.3 Å². The van der Waals surface area contributed by atoms with Crippen LogP contribution in [-0.4, -0.2) is 27.9 Å². The van der Waals surface area contributed by atoms with Gasteiger partial charge in [0.05, 0.1) is 49.8 Å². The van der Waals surface area contributed by atoms with Gasteiger partial charge in [-0.2, -0.15) is 0 Å². The number of rotatable bonds is 3. The Morgan fingerprint density at radius 1 is 0.333 bits per heavy atom. The maximum absolute atomic E-state index is 6.19. The van der Waals surface area contributed by atoms with Crippen LogP contribution < -0.4 is 0 Å². The lowest BCUT2D eigenvalue weighted by Crippen LogP contribution is -2.01. The molecule has 8 aromatic carbocycles. The Morgan fingerprint density at radius 3 is 1.68 bits per heavy atom. The molecule has 0 saturated carbocycles. The van der Waals surface area contributed by atoms with E-state index < -0.39 is 0 Å². The minimum atomic E-state index is 0.788. The normalized spacial score (nSPS) is 12.2. The third-order valence-electron chi connectivity index (χ3n) is 11.6. The van der Waals surface area contributed by atoms with Crippen molar-refractivity contribution in [3.63, 3.8) is 0 Å². The fourth-order valence-electron chi connectivity index (χ4n) is 9.05. The first kappa shape index (κ1) is 30.4. The molecule has 0 atom stereocenters. The molecule has 0 aliphatic carbocycles. The summed E-state index contributed by atoms with van der Waals surface area (Å²) in [7, 11) is 0. The number of fused-ring (bicyclic) bond motifs is 15. The van der Waals surface area contributed by atoms with Crippen molar-refractivity contribution in [1.29, 1.82) is 0 Å². The van der Waals surface area contributed by atoms with E-state index in [2.05, 4.69) is 176 Å². The topological polar surface area (TPSA) is 57.6 Å². The molecule has 13 aromatic rings. The van der Waals surface area contributed by atoms with Gasteiger partial charge in [-0.15, -0.1) is 0 Å². The van der Waals surface area contributed by atoms with Gasteiger partial charge in [-0.25, -0.2) is 14.5 Å². The van der Waals surface area contributed by atoms with Crippen LogP contribution in [0.3, 0.4) is 0 Å². The Hall–Kier alpha value is -7.90. The lowest BCUT2D eigenvalue weighted by Gasteiger charge is -2.09. The second-order valence-corrected chi connectivity index (χ2v) is 14.7. The van der Waals surface area contributed by atoms with Crippen LogP contribution in [0.4, 0.5) is 0 Å². The average molecular weight is 731 g/mol. The summed E-state index contributed by atoms with van der Waals surface area (Å²) in [5, 5.41) is 4.64. The number of para-hydroxylation sites is 7. The largest absolute Gasteiger partial charge is 0.456 e. The van der Waals surface area contributed by atoms with Crippen LogP contribution >= 0.6 is 0 Å². The summed E-state index contributed by atoms with van der Waals surface area (Å²) in [5.41, 5.74) is 14.4. The van der Waals surface area contributed by atoms with E-state index in [4.69, 9.17) is 14.4 Å². The molecule has 57 heavy (non-hydrogen) atoms. The summed E-state index contributed by atoms with van der Waals surface area (Å²) >= 11 is 0. The van der Waals surface area contributed by atoms with Crippen molar-refractivity contribution in [2.75, 3.05) is 0 Å². The minimum absolute atomic E-state index is 0.788. The lowest BCUT2D eigenvalue weighted by molar-refractivity contribution is 0.669. The Balaban J connectivity index is 1.10. The summed E-state index contributed by atoms with van der Waals surface area (Å²) < 4.78 is 15.3. The van der Waals surface area contributed by atoms with E-state index in [0.717, 1.165) is 100 Å². The highest BCUT2D eigenvalue weighted by Gasteiger charge is 2.20. The van der Waals surface area contributed by atoms with Gasteiger partial charge in [-0.1, -0.05) is 91.0 Å². The number of benzene rings is 8. The summed E-state index contributed by atoms with van der Waals surface area (Å²) in [6, 6.07) is 64.3. The summed E-state index contributed by atoms with van der Waals surface area (Å²) in [5.74, 6) is 1.58. The first-order valence-electron chi connectivity index (χ1n) is 19.2. The maximum Gasteiger partial charge on any atom is 0.223 e. The molecule has 0 bridgehead atoms. The van der Waals surface area contributed by atoms with E-state index in [0.29, 0.717) is 0 Å². The van der Waals surface area contributed by atoms with E-state index in [-0.39, 0.29) is 0 Å². The van der Waals surface area contributed by atoms with Gasteiger partial charge < -0.3 is 8.98 Å². The third kappa shape index (κ3) is 4.25. The second kappa shape index (κ2) is 11.3. The number of nitrogens with zero attached hydrogens (tertiary/aromatic N) is 6. The van der Waals surface area contributed by atoms with E-state index in [9.17, 15) is 0 Å². The molecule has 0 aliphatic rings. The van der Waals surface area contributed by atoms with Gasteiger partial charge in [0.15, 0.2) is 0 Å². The monoisotopic (exact) mass is 730 g/mol. The number of aromatic nitrogens is 6. The van der Waals surface area contributed by atoms with Crippen LogP contribution in [-0.2, 0) is 0 Å². The highest BCUT2D eigenvalue weighted by Crippen LogP contribution is 2.38. The van der Waals surface area contributed by atoms with E-state index >= 15 is 0 Å². The van der Waals surface area contributed by atoms with Crippen molar-refractivity contribution in [2.24, 2.45) is 0 Å². The second-order valence-electron chi connectivity index (χ2n) is 14.7. The summed E-state index contributed by atoms with van der Waals surface area (Å²) in [6.45, 7) is 0. The zero-order valence-corrected chi connectivity index (χ0v) is 30.4. The molecule has 7 nitrogen and oxygen atoms in total. The zero-order valence-electron chi connectivity index (χ0n) is 30.4. The van der Waals surface area contributed by atoms with Gasteiger partial charge >= 0.3 is 0 Å². The molecule has 0 N–H and O–H groups in total. The van der Waals surface area contributed by atoms with Crippen LogP contribution in [0, 0.1) is 0 Å². The quantitative estimate of drug-likeness (QED) is 0.182. The smallest absolute Gasteiger partial charge is 0.223 e. The highest BCUT2D eigenvalue weighted by atomic mass is 16.3. The predicted octanol–water partition coefficient (Wildman–Crippen LogP) is 12.5. The molecule has 7 heteroatoms. The Morgan fingerprint density at radius 2 is 0.912 bits per heavy atom. The van der Waals surface area contributed by atoms with Crippen molar-refractivity contribution in [3.05, 3.63) is 182 Å². The van der Waals surface area contributed by atoms with E-state index in [1.54, 1.807) is 0 Å². The van der Waals surface area contributed by atoms with Crippen molar-refractivity contribution >= 4 is 88.4 Å². The summed E-state index contributed by atoms with van der Waals surface area (Å²) in [4.78, 5) is 10.6. The third-order valence-corrected chi connectivity index (χ3v) is 11.6. The summed E-state index contributed by atoms with van der Waals surface area (Å²) in [6.07, 6.45) is 0. The van der Waals surface area contributed by atoms with Gasteiger partial charge in [-0.3, -0.25) is 8.80 Å². The van der Waals surface area contributed by atoms with Gasteiger partial charge in [0.1, 0.15) is 11.2 Å². The number of hydrogen-bond acceptors (Lipinski definition) is 3. The van der Waals surface area contributed by atoms with Gasteiger partial charge in [0, 0.05) is 27.2 Å². The zero-order chi connectivity index (χ0) is 37.2. The van der Waals surface area contributed by atoms with E-state index in [1.165, 1.54) is 10.8 Å². The van der Waals surface area contributed by atoms with Crippen molar-refractivity contribution < 1.29 is 4.42 Å². The molecule has 0 radical (unpaired) electrons. The van der Waals surface area contributed by atoms with Crippen LogP contribution in [0.1, 0.15) is 0 Å². The Labute approximate surface area is 324 Å². The molecule has 0 amide bonds. The molecule has 0 saturated heterocycles. The molecule has 13 rings (SSSR count). The predicted molar refractivity (Wildman–Crippen MR) is 232 cm³/mol. The van der Waals surface area contributed by atoms with Crippen LogP contribution in [0.2, 0.25) is 0 Å². The number of imidazole rings is 2. The first-order chi connectivity index (χ1) is 28.3. The van der Waals surface area contributed by atoms with Crippen LogP contribution in [0.5, 0.6) is 0 Å². The molecule has 0 aliphatic heterocycles. The standard InChI is InChI=1S/C50H30N6O/c1-2-12-33(13-3-1)54-49-51-39-16-6-9-19-43(39)55(49)45-26-23-32(29-46(45)56-44-20-10-7-17-40(44)52-50(54)56)31-22-25-42-37(28-31)35-14-4-8-18-41(35)53(42)34-24-27-48-38(30-34)36-15-5-11-21-47(36)57-48/h1-30H. The van der Waals surface area contributed by atoms with Crippen molar-refractivity contribution in [2.45, 2.75) is 0 Å². The highest BCUT2D eigenvalue weighted by molar-refractivity contribution is 6.12. The SMILES string of the molecule is c1ccc(-n2c3nc4ccccc4n3c3ccc(-c4ccc5c(c4)c4ccccc4n5-c4ccc5oc6ccccc6c5c4)cc3n3c4ccccc4nc23)cc1. The molecule has 5 aromatic heterocycles. The minimum Gasteiger partial charge on any atom is -0.456 e. The van der Waals surface area contributed by atoms with Crippen LogP contribution in [0.15, 0.2) is 186 Å². The maximum atomic E-state index is 6.19. The van der Waals surface area contributed by atoms with Gasteiger partial charge in [-0.05, 0) is 102 Å². The molecule has 0 spiro atoms. The fraction of sp³-hybridized carbons (Fsp3) is 0. The fourth-order valence-corrected chi connectivity index (χ4v) is 9.05. The lowest BCUT2D eigenvalue weighted by atomic mass is 10.0. The average Bonchev–Trinajstić information content (AvgIpc) is 4.01. The molecule has 5 heterocycles. The number of furan rings is 1. The van der Waals surface area contributed by atoms with Gasteiger partial charge in [0.2, 0.25) is 11.6 Å². The first-order valence-corrected chi connectivity index (χ1v) is 19.2. The Bertz CT molecular complexity index is 3820. The molecule has 0 unspecified atom stereocenters. The van der Waals surface area contributed by atoms with Crippen molar-refractivity contribution in [3.8, 4) is 22.5 Å². The number of hydrogen-bond donors (Lipinski definition) is 0. The van der Waals surface area contributed by atoms with Crippen LogP contribution in [0.25, 0.3) is 111 Å². The molecule has 0 fully saturated rings. The van der Waals surface area contributed by atoms with Gasteiger partial charge in [0.25, 0.3) is 0 Å².